The fourth-order valence-electron chi connectivity index (χ4n) is 1.72. The van der Waals surface area contributed by atoms with Crippen LogP contribution in [0, 0.1) is 0 Å². The molecule has 20 heavy (non-hydrogen) atoms. The third-order valence-electron chi connectivity index (χ3n) is 2.79. The van der Waals surface area contributed by atoms with E-state index >= 15 is 0 Å². The number of hydrogen-bond donors (Lipinski definition) is 2. The Labute approximate surface area is 123 Å². The van der Waals surface area contributed by atoms with Crippen molar-refractivity contribution < 1.29 is 0 Å². The number of rotatable bonds is 5. The Morgan fingerprint density at radius 1 is 1.20 bits per heavy atom. The summed E-state index contributed by atoms with van der Waals surface area (Å²) in [5.74, 6) is 0.417. The summed E-state index contributed by atoms with van der Waals surface area (Å²) in [5, 5.41) is 3.77. The molecule has 0 spiro atoms. The first-order chi connectivity index (χ1) is 9.75. The highest BCUT2D eigenvalue weighted by atomic mass is 35.5. The van der Waals surface area contributed by atoms with Gasteiger partial charge in [-0.25, -0.2) is 4.99 Å². The lowest BCUT2D eigenvalue weighted by Crippen LogP contribution is -2.33. The summed E-state index contributed by atoms with van der Waals surface area (Å²) in [4.78, 5) is 8.51. The molecule has 1 heterocycles. The summed E-state index contributed by atoms with van der Waals surface area (Å²) in [7, 11) is 0. The number of benzene rings is 1. The second-order valence-electron chi connectivity index (χ2n) is 4.29. The number of guanidine groups is 1. The van der Waals surface area contributed by atoms with Gasteiger partial charge in [0, 0.05) is 29.9 Å². The molecule has 0 atom stereocenters. The first kappa shape index (κ1) is 14.3. The van der Waals surface area contributed by atoms with Crippen LogP contribution in [0.3, 0.4) is 0 Å². The maximum atomic E-state index is 6.05. The van der Waals surface area contributed by atoms with Gasteiger partial charge in [0.2, 0.25) is 0 Å². The second-order valence-corrected chi connectivity index (χ2v) is 4.70. The molecular weight excluding hydrogens is 272 g/mol. The van der Waals surface area contributed by atoms with Gasteiger partial charge in [-0.2, -0.15) is 0 Å². The van der Waals surface area contributed by atoms with Crippen molar-refractivity contribution in [1.29, 1.82) is 0 Å². The van der Waals surface area contributed by atoms with Crippen LogP contribution in [-0.4, -0.2) is 17.5 Å². The monoisotopic (exact) mass is 288 g/mol. The van der Waals surface area contributed by atoms with Crippen molar-refractivity contribution in [1.82, 2.24) is 10.3 Å². The fraction of sp³-hybridized carbons (Fsp3) is 0.200. The van der Waals surface area contributed by atoms with Crippen molar-refractivity contribution in [2.45, 2.75) is 13.0 Å². The van der Waals surface area contributed by atoms with Crippen molar-refractivity contribution in [3.63, 3.8) is 0 Å². The topological polar surface area (TPSA) is 63.3 Å². The molecule has 1 aromatic heterocycles. The minimum absolute atomic E-state index is 0.417. The van der Waals surface area contributed by atoms with Crippen LogP contribution in [0.15, 0.2) is 53.7 Å². The van der Waals surface area contributed by atoms with Crippen LogP contribution in [0.5, 0.6) is 0 Å². The van der Waals surface area contributed by atoms with Gasteiger partial charge < -0.3 is 11.1 Å². The van der Waals surface area contributed by atoms with Gasteiger partial charge in [0.05, 0.1) is 6.54 Å². The van der Waals surface area contributed by atoms with E-state index < -0.39 is 0 Å². The maximum Gasteiger partial charge on any atom is 0.188 e. The molecule has 104 valence electrons. The van der Waals surface area contributed by atoms with Crippen molar-refractivity contribution in [3.8, 4) is 0 Å². The average molecular weight is 289 g/mol. The Morgan fingerprint density at radius 2 is 2.00 bits per heavy atom. The highest BCUT2D eigenvalue weighted by molar-refractivity contribution is 6.31. The van der Waals surface area contributed by atoms with E-state index in [2.05, 4.69) is 15.3 Å². The second kappa shape index (κ2) is 7.50. The Hall–Kier alpha value is -2.07. The van der Waals surface area contributed by atoms with Crippen LogP contribution >= 0.6 is 11.6 Å². The number of aromatic nitrogens is 1. The summed E-state index contributed by atoms with van der Waals surface area (Å²) in [6, 6.07) is 13.5. The summed E-state index contributed by atoms with van der Waals surface area (Å²) < 4.78 is 0. The van der Waals surface area contributed by atoms with Gasteiger partial charge in [0.25, 0.3) is 0 Å². The zero-order valence-electron chi connectivity index (χ0n) is 11.1. The lowest BCUT2D eigenvalue weighted by Gasteiger charge is -2.06. The quantitative estimate of drug-likeness (QED) is 0.656. The minimum Gasteiger partial charge on any atom is -0.370 e. The summed E-state index contributed by atoms with van der Waals surface area (Å²) in [6.07, 6.45) is 2.59. The van der Waals surface area contributed by atoms with Gasteiger partial charge in [-0.1, -0.05) is 35.9 Å². The molecule has 0 aliphatic carbocycles. The number of aliphatic imine (C=N–C) groups is 1. The molecule has 0 amide bonds. The average Bonchev–Trinajstić information content (AvgIpc) is 2.47. The number of hydrogen-bond acceptors (Lipinski definition) is 2. The predicted molar refractivity (Wildman–Crippen MR) is 82.7 cm³/mol. The fourth-order valence-corrected chi connectivity index (χ4v) is 1.91. The molecule has 0 unspecified atom stereocenters. The molecule has 0 radical (unpaired) electrons. The van der Waals surface area contributed by atoms with E-state index in [0.29, 0.717) is 24.1 Å². The van der Waals surface area contributed by atoms with Crippen LogP contribution in [0.1, 0.15) is 11.3 Å². The first-order valence-electron chi connectivity index (χ1n) is 6.43. The SMILES string of the molecule is NC(=NCc1ccccc1Cl)NCCc1ccccn1. The Bertz CT molecular complexity index is 569. The van der Waals surface area contributed by atoms with Crippen molar-refractivity contribution in [2.75, 3.05) is 6.54 Å². The molecule has 0 fully saturated rings. The Morgan fingerprint density at radius 3 is 2.75 bits per heavy atom. The normalized spacial score (nSPS) is 11.3. The molecule has 4 nitrogen and oxygen atoms in total. The maximum absolute atomic E-state index is 6.05. The Balaban J connectivity index is 1.79. The summed E-state index contributed by atoms with van der Waals surface area (Å²) in [5.41, 5.74) is 7.80. The smallest absolute Gasteiger partial charge is 0.188 e. The lowest BCUT2D eigenvalue weighted by atomic mass is 10.2. The van der Waals surface area contributed by atoms with Gasteiger partial charge >= 0.3 is 0 Å². The number of halogens is 1. The van der Waals surface area contributed by atoms with Gasteiger partial charge in [0.15, 0.2) is 5.96 Å². The zero-order valence-corrected chi connectivity index (χ0v) is 11.8. The molecular formula is C15H17ClN4. The molecule has 5 heteroatoms. The van der Waals surface area contributed by atoms with Crippen LogP contribution < -0.4 is 11.1 Å². The number of pyridine rings is 1. The van der Waals surface area contributed by atoms with E-state index in [4.69, 9.17) is 17.3 Å². The molecule has 2 rings (SSSR count). The molecule has 3 N–H and O–H groups in total. The van der Waals surface area contributed by atoms with Crippen LogP contribution in [-0.2, 0) is 13.0 Å². The molecule has 2 aromatic rings. The van der Waals surface area contributed by atoms with Crippen LogP contribution in [0.4, 0.5) is 0 Å². The van der Waals surface area contributed by atoms with Crippen molar-refractivity contribution >= 4 is 17.6 Å². The van der Waals surface area contributed by atoms with E-state index in [-0.39, 0.29) is 0 Å². The minimum atomic E-state index is 0.417. The van der Waals surface area contributed by atoms with E-state index in [1.165, 1.54) is 0 Å². The zero-order chi connectivity index (χ0) is 14.2. The van der Waals surface area contributed by atoms with Gasteiger partial charge in [-0.05, 0) is 23.8 Å². The van der Waals surface area contributed by atoms with E-state index in [1.54, 1.807) is 6.20 Å². The number of nitrogens with one attached hydrogen (secondary N) is 1. The highest BCUT2D eigenvalue weighted by Crippen LogP contribution is 2.15. The summed E-state index contributed by atoms with van der Waals surface area (Å²) >= 11 is 6.05. The third-order valence-corrected chi connectivity index (χ3v) is 3.16. The van der Waals surface area contributed by atoms with Gasteiger partial charge in [-0.3, -0.25) is 4.98 Å². The van der Waals surface area contributed by atoms with E-state index in [9.17, 15) is 0 Å². The van der Waals surface area contributed by atoms with Crippen LogP contribution in [0.2, 0.25) is 5.02 Å². The predicted octanol–water partition coefficient (Wildman–Crippen LogP) is 2.38. The van der Waals surface area contributed by atoms with E-state index in [1.807, 2.05) is 42.5 Å². The van der Waals surface area contributed by atoms with Crippen molar-refractivity contribution in [2.24, 2.45) is 10.7 Å². The van der Waals surface area contributed by atoms with Gasteiger partial charge in [0.1, 0.15) is 0 Å². The van der Waals surface area contributed by atoms with Crippen LogP contribution in [0.25, 0.3) is 0 Å². The molecule has 0 bridgehead atoms. The van der Waals surface area contributed by atoms with E-state index in [0.717, 1.165) is 17.7 Å². The highest BCUT2D eigenvalue weighted by Gasteiger charge is 1.98. The molecule has 0 saturated heterocycles. The third kappa shape index (κ3) is 4.55. The Kier molecular flexibility index (Phi) is 5.38. The largest absolute Gasteiger partial charge is 0.370 e. The summed E-state index contributed by atoms with van der Waals surface area (Å²) in [6.45, 7) is 1.18. The lowest BCUT2D eigenvalue weighted by molar-refractivity contribution is 0.827. The van der Waals surface area contributed by atoms with Gasteiger partial charge in [-0.15, -0.1) is 0 Å². The number of nitrogens with two attached hydrogens (primary N) is 1. The first-order valence-corrected chi connectivity index (χ1v) is 6.80. The number of nitrogens with zero attached hydrogens (tertiary/aromatic N) is 2. The van der Waals surface area contributed by atoms with Crippen molar-refractivity contribution in [3.05, 3.63) is 64.9 Å². The molecule has 0 aliphatic heterocycles. The molecule has 0 saturated carbocycles. The standard InChI is InChI=1S/C15H17ClN4/c16-14-7-2-1-5-12(14)11-20-15(17)19-10-8-13-6-3-4-9-18-13/h1-7,9H,8,10-11H2,(H3,17,19,20). The molecule has 0 aliphatic rings. The molecule has 1 aromatic carbocycles.